The van der Waals surface area contributed by atoms with Crippen molar-refractivity contribution in [2.75, 3.05) is 11.9 Å². The second-order valence-corrected chi connectivity index (χ2v) is 5.26. The molecular formula is C14H21FN2O. The summed E-state index contributed by atoms with van der Waals surface area (Å²) >= 11 is 0. The molecule has 0 fully saturated rings. The van der Waals surface area contributed by atoms with Crippen molar-refractivity contribution in [1.29, 1.82) is 0 Å². The number of carbonyl (C=O) groups excluding carboxylic acids is 1. The van der Waals surface area contributed by atoms with Crippen molar-refractivity contribution in [1.82, 2.24) is 0 Å². The molecule has 4 heteroatoms. The lowest BCUT2D eigenvalue weighted by molar-refractivity contribution is -0.116. The van der Waals surface area contributed by atoms with E-state index < -0.39 is 0 Å². The highest BCUT2D eigenvalue weighted by Gasteiger charge is 2.18. The number of nitrogens with two attached hydrogens (primary N) is 1. The van der Waals surface area contributed by atoms with Crippen LogP contribution in [-0.4, -0.2) is 12.5 Å². The summed E-state index contributed by atoms with van der Waals surface area (Å²) < 4.78 is 12.9. The Morgan fingerprint density at radius 1 is 1.39 bits per heavy atom. The average molecular weight is 252 g/mol. The number of benzene rings is 1. The van der Waals surface area contributed by atoms with Crippen molar-refractivity contribution in [3.05, 3.63) is 30.1 Å². The van der Waals surface area contributed by atoms with Crippen LogP contribution in [0.5, 0.6) is 0 Å². The minimum absolute atomic E-state index is 0.0635. The molecule has 0 bridgehead atoms. The molecule has 1 aromatic rings. The predicted molar refractivity (Wildman–Crippen MR) is 71.7 cm³/mol. The summed E-state index contributed by atoms with van der Waals surface area (Å²) in [4.78, 5) is 11.7. The maximum Gasteiger partial charge on any atom is 0.224 e. The van der Waals surface area contributed by atoms with Crippen LogP contribution >= 0.6 is 0 Å². The van der Waals surface area contributed by atoms with Crippen LogP contribution in [0.1, 0.15) is 33.1 Å². The molecule has 1 rings (SSSR count). The van der Waals surface area contributed by atoms with E-state index >= 15 is 0 Å². The third kappa shape index (κ3) is 5.27. The maximum absolute atomic E-state index is 12.9. The zero-order valence-electron chi connectivity index (χ0n) is 11.0. The van der Waals surface area contributed by atoms with Crippen LogP contribution in [0, 0.1) is 11.2 Å². The fourth-order valence-electron chi connectivity index (χ4n) is 1.76. The first kappa shape index (κ1) is 14.6. The summed E-state index contributed by atoms with van der Waals surface area (Å²) in [5.74, 6) is -0.443. The largest absolute Gasteiger partial charge is 0.330 e. The highest BCUT2D eigenvalue weighted by molar-refractivity contribution is 5.90. The average Bonchev–Trinajstić information content (AvgIpc) is 2.26. The SMILES string of the molecule is CC(C)(CCN)CCC(=O)Nc1cccc(F)c1. The van der Waals surface area contributed by atoms with Crippen LogP contribution in [0.4, 0.5) is 10.1 Å². The first-order chi connectivity index (χ1) is 8.43. The Morgan fingerprint density at radius 3 is 2.72 bits per heavy atom. The lowest BCUT2D eigenvalue weighted by Crippen LogP contribution is -2.20. The number of nitrogens with one attached hydrogen (secondary N) is 1. The molecule has 0 unspecified atom stereocenters. The maximum atomic E-state index is 12.9. The van der Waals surface area contributed by atoms with Crippen LogP contribution in [-0.2, 0) is 4.79 Å². The Morgan fingerprint density at radius 2 is 2.11 bits per heavy atom. The van der Waals surface area contributed by atoms with Gasteiger partial charge in [-0.2, -0.15) is 0 Å². The molecule has 0 aliphatic heterocycles. The fourth-order valence-corrected chi connectivity index (χ4v) is 1.76. The van der Waals surface area contributed by atoms with Crippen LogP contribution in [0.2, 0.25) is 0 Å². The zero-order valence-corrected chi connectivity index (χ0v) is 11.0. The molecule has 0 heterocycles. The lowest BCUT2D eigenvalue weighted by Gasteiger charge is -2.23. The number of carbonyl (C=O) groups is 1. The molecule has 0 atom stereocenters. The molecule has 3 N–H and O–H groups in total. The van der Waals surface area contributed by atoms with Gasteiger partial charge in [-0.3, -0.25) is 4.79 Å². The van der Waals surface area contributed by atoms with E-state index in [0.29, 0.717) is 18.7 Å². The quantitative estimate of drug-likeness (QED) is 0.818. The second kappa shape index (κ2) is 6.50. The van der Waals surface area contributed by atoms with E-state index in [1.165, 1.54) is 12.1 Å². The molecule has 0 saturated carbocycles. The van der Waals surface area contributed by atoms with Gasteiger partial charge in [-0.1, -0.05) is 19.9 Å². The highest BCUT2D eigenvalue weighted by atomic mass is 19.1. The Labute approximate surface area is 108 Å². The van der Waals surface area contributed by atoms with E-state index in [9.17, 15) is 9.18 Å². The zero-order chi connectivity index (χ0) is 13.6. The number of anilines is 1. The lowest BCUT2D eigenvalue weighted by atomic mass is 9.84. The van der Waals surface area contributed by atoms with E-state index in [1.807, 2.05) is 0 Å². The molecule has 18 heavy (non-hydrogen) atoms. The molecule has 0 aliphatic carbocycles. The first-order valence-electron chi connectivity index (χ1n) is 6.18. The van der Waals surface area contributed by atoms with E-state index in [-0.39, 0.29) is 17.1 Å². The molecule has 100 valence electrons. The molecule has 0 aliphatic rings. The molecule has 0 aromatic heterocycles. The predicted octanol–water partition coefficient (Wildman–Crippen LogP) is 2.92. The van der Waals surface area contributed by atoms with Crippen LogP contribution in [0.3, 0.4) is 0 Å². The van der Waals surface area contributed by atoms with Crippen LogP contribution < -0.4 is 11.1 Å². The van der Waals surface area contributed by atoms with Gasteiger partial charge in [0.15, 0.2) is 0 Å². The van der Waals surface area contributed by atoms with Gasteiger partial charge in [0.1, 0.15) is 5.82 Å². The molecule has 0 saturated heterocycles. The van der Waals surface area contributed by atoms with E-state index in [1.54, 1.807) is 12.1 Å². The summed E-state index contributed by atoms with van der Waals surface area (Å²) in [6, 6.07) is 5.90. The molecule has 3 nitrogen and oxygen atoms in total. The first-order valence-corrected chi connectivity index (χ1v) is 6.18. The van der Waals surface area contributed by atoms with Crippen molar-refractivity contribution in [2.45, 2.75) is 33.1 Å². The van der Waals surface area contributed by atoms with E-state index in [4.69, 9.17) is 5.73 Å². The van der Waals surface area contributed by atoms with Crippen molar-refractivity contribution >= 4 is 11.6 Å². The van der Waals surface area contributed by atoms with Gasteiger partial charge in [0, 0.05) is 12.1 Å². The number of hydrogen-bond donors (Lipinski definition) is 2. The van der Waals surface area contributed by atoms with Crippen LogP contribution in [0.25, 0.3) is 0 Å². The van der Waals surface area contributed by atoms with Crippen LogP contribution in [0.15, 0.2) is 24.3 Å². The normalized spacial score (nSPS) is 11.3. The molecular weight excluding hydrogens is 231 g/mol. The standard InChI is InChI=1S/C14H21FN2O/c1-14(2,8-9-16)7-6-13(18)17-12-5-3-4-11(15)10-12/h3-5,10H,6-9,16H2,1-2H3,(H,17,18). The van der Waals surface area contributed by atoms with Gasteiger partial charge in [-0.15, -0.1) is 0 Å². The van der Waals surface area contributed by atoms with Gasteiger partial charge in [0.25, 0.3) is 0 Å². The Hall–Kier alpha value is -1.42. The molecule has 0 spiro atoms. The summed E-state index contributed by atoms with van der Waals surface area (Å²) in [6.07, 6.45) is 2.08. The summed E-state index contributed by atoms with van der Waals surface area (Å²) in [5.41, 5.74) is 6.08. The number of halogens is 1. The van der Waals surface area contributed by atoms with Crippen molar-refractivity contribution in [2.24, 2.45) is 11.1 Å². The van der Waals surface area contributed by atoms with Gasteiger partial charge >= 0.3 is 0 Å². The van der Waals surface area contributed by atoms with Gasteiger partial charge in [-0.05, 0) is 43.0 Å². The Bertz CT molecular complexity index is 405. The van der Waals surface area contributed by atoms with Gasteiger partial charge in [0.2, 0.25) is 5.91 Å². The highest BCUT2D eigenvalue weighted by Crippen LogP contribution is 2.26. The molecule has 0 radical (unpaired) electrons. The number of rotatable bonds is 6. The third-order valence-electron chi connectivity index (χ3n) is 2.96. The van der Waals surface area contributed by atoms with E-state index in [0.717, 1.165) is 12.8 Å². The smallest absolute Gasteiger partial charge is 0.224 e. The fraction of sp³-hybridized carbons (Fsp3) is 0.500. The van der Waals surface area contributed by atoms with Gasteiger partial charge in [-0.25, -0.2) is 4.39 Å². The third-order valence-corrected chi connectivity index (χ3v) is 2.96. The minimum Gasteiger partial charge on any atom is -0.330 e. The summed E-state index contributed by atoms with van der Waals surface area (Å²) in [6.45, 7) is 4.81. The Balaban J connectivity index is 2.43. The number of amides is 1. The van der Waals surface area contributed by atoms with Crippen molar-refractivity contribution in [3.63, 3.8) is 0 Å². The second-order valence-electron chi connectivity index (χ2n) is 5.26. The monoisotopic (exact) mass is 252 g/mol. The van der Waals surface area contributed by atoms with Crippen molar-refractivity contribution in [3.8, 4) is 0 Å². The van der Waals surface area contributed by atoms with Crippen molar-refractivity contribution < 1.29 is 9.18 Å². The summed E-state index contributed by atoms with van der Waals surface area (Å²) in [7, 11) is 0. The Kier molecular flexibility index (Phi) is 5.28. The molecule has 1 aromatic carbocycles. The topological polar surface area (TPSA) is 55.1 Å². The van der Waals surface area contributed by atoms with E-state index in [2.05, 4.69) is 19.2 Å². The molecule has 1 amide bonds. The summed E-state index contributed by atoms with van der Waals surface area (Å²) in [5, 5.41) is 2.69. The van der Waals surface area contributed by atoms with Gasteiger partial charge < -0.3 is 11.1 Å². The number of hydrogen-bond acceptors (Lipinski definition) is 2. The minimum atomic E-state index is -0.351. The van der Waals surface area contributed by atoms with Gasteiger partial charge in [0.05, 0.1) is 0 Å².